The van der Waals surface area contributed by atoms with Crippen LogP contribution in [0.25, 0.3) is 49.3 Å². The average Bonchev–Trinajstić information content (AvgIpc) is 3.23. The number of para-hydroxylation sites is 1. The van der Waals surface area contributed by atoms with E-state index in [-0.39, 0.29) is 5.56 Å². The first-order chi connectivity index (χ1) is 13.3. The van der Waals surface area contributed by atoms with Gasteiger partial charge in [0.2, 0.25) is 0 Å². The molecular formula is C23H12BrNO2. The van der Waals surface area contributed by atoms with Gasteiger partial charge in [0.1, 0.15) is 5.52 Å². The summed E-state index contributed by atoms with van der Waals surface area (Å²) in [5.74, 6) is 0.701. The van der Waals surface area contributed by atoms with Crippen molar-refractivity contribution in [3.05, 3.63) is 87.8 Å². The second-order valence-corrected chi connectivity index (χ2v) is 7.40. The zero-order valence-corrected chi connectivity index (χ0v) is 15.7. The van der Waals surface area contributed by atoms with E-state index in [0.29, 0.717) is 15.8 Å². The van der Waals surface area contributed by atoms with Gasteiger partial charge in [0.25, 0.3) is 5.56 Å². The Morgan fingerprint density at radius 3 is 2.19 bits per heavy atom. The zero-order chi connectivity index (χ0) is 18.1. The van der Waals surface area contributed by atoms with Crippen LogP contribution in [0.2, 0.25) is 0 Å². The van der Waals surface area contributed by atoms with Gasteiger partial charge < -0.3 is 4.42 Å². The van der Waals surface area contributed by atoms with E-state index in [4.69, 9.17) is 4.42 Å². The van der Waals surface area contributed by atoms with Gasteiger partial charge in [-0.25, -0.2) is 0 Å². The molecule has 0 N–H and O–H groups in total. The van der Waals surface area contributed by atoms with Gasteiger partial charge in [0, 0.05) is 21.7 Å². The highest BCUT2D eigenvalue weighted by Gasteiger charge is 2.24. The Balaban J connectivity index is 1.98. The van der Waals surface area contributed by atoms with Crippen molar-refractivity contribution >= 4 is 53.9 Å². The maximum Gasteiger partial charge on any atom is 0.263 e. The van der Waals surface area contributed by atoms with Crippen LogP contribution in [0.5, 0.6) is 0 Å². The van der Waals surface area contributed by atoms with Crippen LogP contribution in [0, 0.1) is 0 Å². The number of pyridine rings is 1. The van der Waals surface area contributed by atoms with E-state index < -0.39 is 0 Å². The number of halogens is 1. The summed E-state index contributed by atoms with van der Waals surface area (Å²) in [6, 6.07) is 23.9. The number of furan rings is 1. The molecule has 0 aliphatic carbocycles. The van der Waals surface area contributed by atoms with Crippen molar-refractivity contribution in [1.29, 1.82) is 0 Å². The Bertz CT molecular complexity index is 1540. The van der Waals surface area contributed by atoms with Crippen molar-refractivity contribution in [2.24, 2.45) is 0 Å². The molecule has 0 saturated carbocycles. The van der Waals surface area contributed by atoms with Gasteiger partial charge in [-0.1, -0.05) is 66.7 Å². The summed E-state index contributed by atoms with van der Waals surface area (Å²) in [5.41, 5.74) is 2.69. The lowest BCUT2D eigenvalue weighted by molar-refractivity contribution is 0.560. The average molecular weight is 414 g/mol. The molecule has 4 heteroatoms. The molecule has 3 heterocycles. The van der Waals surface area contributed by atoms with E-state index >= 15 is 0 Å². The fourth-order valence-electron chi connectivity index (χ4n) is 4.17. The monoisotopic (exact) mass is 413 g/mol. The molecule has 6 rings (SSSR count). The van der Waals surface area contributed by atoms with Crippen LogP contribution in [0.15, 0.2) is 86.7 Å². The molecule has 128 valence electrons. The third kappa shape index (κ3) is 1.83. The summed E-state index contributed by atoms with van der Waals surface area (Å²) in [7, 11) is 0. The number of nitrogens with zero attached hydrogens (tertiary/aromatic N) is 1. The van der Waals surface area contributed by atoms with Crippen molar-refractivity contribution < 1.29 is 4.42 Å². The fraction of sp³-hybridized carbons (Fsp3) is 0. The first-order valence-electron chi connectivity index (χ1n) is 8.70. The Labute approximate surface area is 161 Å². The minimum absolute atomic E-state index is 0.0187. The van der Waals surface area contributed by atoms with Crippen molar-refractivity contribution in [1.82, 2.24) is 4.40 Å². The van der Waals surface area contributed by atoms with E-state index in [1.54, 1.807) is 0 Å². The smallest absolute Gasteiger partial charge is 0.263 e. The van der Waals surface area contributed by atoms with Crippen molar-refractivity contribution in [2.75, 3.05) is 0 Å². The molecule has 0 aliphatic rings. The molecule has 3 nitrogen and oxygen atoms in total. The first-order valence-corrected chi connectivity index (χ1v) is 9.50. The molecule has 27 heavy (non-hydrogen) atoms. The molecule has 0 fully saturated rings. The second-order valence-electron chi connectivity index (χ2n) is 6.68. The highest BCUT2D eigenvalue weighted by Crippen LogP contribution is 2.43. The van der Waals surface area contributed by atoms with Crippen molar-refractivity contribution in [3.8, 4) is 11.3 Å². The Morgan fingerprint density at radius 1 is 0.704 bits per heavy atom. The number of aromatic nitrogens is 1. The third-order valence-corrected chi connectivity index (χ3v) is 5.84. The molecule has 6 aromatic rings. The van der Waals surface area contributed by atoms with Gasteiger partial charge in [-0.2, -0.15) is 0 Å². The van der Waals surface area contributed by atoms with Gasteiger partial charge in [-0.3, -0.25) is 9.20 Å². The van der Waals surface area contributed by atoms with E-state index in [2.05, 4.69) is 22.0 Å². The molecule has 0 radical (unpaired) electrons. The molecule has 0 saturated heterocycles. The van der Waals surface area contributed by atoms with Crippen LogP contribution in [0.3, 0.4) is 0 Å². The van der Waals surface area contributed by atoms with Crippen LogP contribution >= 0.6 is 15.9 Å². The lowest BCUT2D eigenvalue weighted by atomic mass is 10.0. The zero-order valence-electron chi connectivity index (χ0n) is 14.1. The minimum Gasteiger partial charge on any atom is -0.446 e. The molecule has 0 unspecified atom stereocenters. The molecule has 0 atom stereocenters. The molecular weight excluding hydrogens is 402 g/mol. The lowest BCUT2D eigenvalue weighted by Gasteiger charge is -2.06. The summed E-state index contributed by atoms with van der Waals surface area (Å²) < 4.78 is 8.55. The largest absolute Gasteiger partial charge is 0.446 e. The normalized spacial score (nSPS) is 12.0. The van der Waals surface area contributed by atoms with Crippen molar-refractivity contribution in [3.63, 3.8) is 0 Å². The topological polar surface area (TPSA) is 34.6 Å². The highest BCUT2D eigenvalue weighted by atomic mass is 79.9. The van der Waals surface area contributed by atoms with Crippen molar-refractivity contribution in [2.45, 2.75) is 0 Å². The number of rotatable bonds is 1. The van der Waals surface area contributed by atoms with Gasteiger partial charge in [-0.05, 0) is 27.4 Å². The Morgan fingerprint density at radius 2 is 1.37 bits per heavy atom. The lowest BCUT2D eigenvalue weighted by Crippen LogP contribution is -2.12. The maximum atomic E-state index is 13.5. The van der Waals surface area contributed by atoms with Gasteiger partial charge in [-0.15, -0.1) is 0 Å². The summed E-state index contributed by atoms with van der Waals surface area (Å²) in [6.45, 7) is 0. The number of hydrogen-bond acceptors (Lipinski definition) is 2. The van der Waals surface area contributed by atoms with Crippen LogP contribution in [-0.4, -0.2) is 4.40 Å². The van der Waals surface area contributed by atoms with Crippen LogP contribution in [0.4, 0.5) is 0 Å². The number of hydrogen-bond donors (Lipinski definition) is 0. The maximum absolute atomic E-state index is 13.5. The van der Waals surface area contributed by atoms with Gasteiger partial charge in [0.15, 0.2) is 10.4 Å². The predicted octanol–water partition coefficient (Wildman–Crippen LogP) is 6.22. The van der Waals surface area contributed by atoms with E-state index in [0.717, 1.165) is 38.1 Å². The van der Waals surface area contributed by atoms with E-state index in [1.165, 1.54) is 0 Å². The van der Waals surface area contributed by atoms with Gasteiger partial charge >= 0.3 is 0 Å². The number of benzene rings is 3. The van der Waals surface area contributed by atoms with Crippen LogP contribution < -0.4 is 5.56 Å². The molecule has 3 aromatic heterocycles. The molecule has 0 spiro atoms. The summed E-state index contributed by atoms with van der Waals surface area (Å²) in [6.07, 6.45) is 0. The molecule has 0 bridgehead atoms. The van der Waals surface area contributed by atoms with Gasteiger partial charge in [0.05, 0.1) is 10.9 Å². The molecule has 0 amide bonds. The summed E-state index contributed by atoms with van der Waals surface area (Å²) >= 11 is 3.59. The Hall–Kier alpha value is -3.11. The molecule has 3 aromatic carbocycles. The Kier molecular flexibility index (Phi) is 2.89. The van der Waals surface area contributed by atoms with E-state index in [9.17, 15) is 4.79 Å². The third-order valence-electron chi connectivity index (χ3n) is 5.28. The SMILES string of the molecule is O=c1c2ccccc2c2cccc3c4c(Br)oc(-c5ccccc5)c4n1c23. The quantitative estimate of drug-likeness (QED) is 0.300. The number of fused-ring (bicyclic) bond motifs is 5. The van der Waals surface area contributed by atoms with Crippen LogP contribution in [-0.2, 0) is 0 Å². The second kappa shape index (κ2) is 5.21. The first kappa shape index (κ1) is 15.0. The predicted molar refractivity (Wildman–Crippen MR) is 113 cm³/mol. The highest BCUT2D eigenvalue weighted by molar-refractivity contribution is 9.10. The summed E-state index contributed by atoms with van der Waals surface area (Å²) in [5, 5.41) is 4.72. The fourth-order valence-corrected chi connectivity index (χ4v) is 4.73. The minimum atomic E-state index is -0.0187. The van der Waals surface area contributed by atoms with Crippen LogP contribution in [0.1, 0.15) is 0 Å². The van der Waals surface area contributed by atoms with E-state index in [1.807, 2.05) is 71.1 Å². The summed E-state index contributed by atoms with van der Waals surface area (Å²) in [4.78, 5) is 13.5. The molecule has 0 aliphatic heterocycles. The standard InChI is InChI=1S/C23H12BrNO2/c24-22-18-17-12-6-11-15-14-9-4-5-10-16(14)23(26)25(19(15)17)20(18)21(27-22)13-7-2-1-3-8-13/h1-12H.